The van der Waals surface area contributed by atoms with Crippen molar-refractivity contribution < 1.29 is 9.53 Å². The lowest BCUT2D eigenvalue weighted by Gasteiger charge is -2.15. The van der Waals surface area contributed by atoms with E-state index in [0.29, 0.717) is 21.6 Å². The van der Waals surface area contributed by atoms with Crippen LogP contribution in [0.25, 0.3) is 5.65 Å². The standard InChI is InChI=1S/C17H17ClN4O2S/c1-10-8-13(14(24-3)9-12(10)18)19-16(23)11(2)25-17-21-20-15-6-4-5-7-22(15)17/h4-9,11H,1-3H3,(H,19,23)/t11-/m1/s1. The number of ether oxygens (including phenoxy) is 1. The summed E-state index contributed by atoms with van der Waals surface area (Å²) >= 11 is 7.44. The molecular weight excluding hydrogens is 360 g/mol. The molecule has 2 aromatic heterocycles. The Bertz CT molecular complexity index is 928. The summed E-state index contributed by atoms with van der Waals surface area (Å²) in [5.41, 5.74) is 2.20. The third-order valence-electron chi connectivity index (χ3n) is 3.67. The van der Waals surface area contributed by atoms with E-state index in [9.17, 15) is 4.79 Å². The van der Waals surface area contributed by atoms with Crippen molar-refractivity contribution in [2.24, 2.45) is 0 Å². The highest BCUT2D eigenvalue weighted by atomic mass is 35.5. The molecule has 1 amide bonds. The molecule has 1 aromatic carbocycles. The van der Waals surface area contributed by atoms with E-state index in [1.807, 2.05) is 42.6 Å². The van der Waals surface area contributed by atoms with E-state index in [2.05, 4.69) is 15.5 Å². The monoisotopic (exact) mass is 376 g/mol. The number of amides is 1. The first-order valence-electron chi connectivity index (χ1n) is 7.61. The third-order valence-corrected chi connectivity index (χ3v) is 5.14. The Morgan fingerprint density at radius 2 is 2.16 bits per heavy atom. The van der Waals surface area contributed by atoms with Gasteiger partial charge in [0.2, 0.25) is 5.91 Å². The first kappa shape index (κ1) is 17.6. The van der Waals surface area contributed by atoms with Gasteiger partial charge in [-0.25, -0.2) is 0 Å². The van der Waals surface area contributed by atoms with Gasteiger partial charge in [0.15, 0.2) is 10.8 Å². The van der Waals surface area contributed by atoms with Gasteiger partial charge < -0.3 is 10.1 Å². The van der Waals surface area contributed by atoms with Crippen LogP contribution in [0.4, 0.5) is 5.69 Å². The molecule has 2 heterocycles. The molecule has 8 heteroatoms. The molecule has 0 aliphatic heterocycles. The minimum Gasteiger partial charge on any atom is -0.495 e. The summed E-state index contributed by atoms with van der Waals surface area (Å²) in [5, 5.41) is 12.0. The number of rotatable bonds is 5. The zero-order valence-corrected chi connectivity index (χ0v) is 15.6. The number of aromatic nitrogens is 3. The lowest BCUT2D eigenvalue weighted by atomic mass is 10.2. The summed E-state index contributed by atoms with van der Waals surface area (Å²) in [6, 6.07) is 9.14. The Balaban J connectivity index is 1.76. The molecule has 0 saturated carbocycles. The number of halogens is 1. The third kappa shape index (κ3) is 3.72. The molecule has 0 fully saturated rings. The molecule has 0 radical (unpaired) electrons. The summed E-state index contributed by atoms with van der Waals surface area (Å²) < 4.78 is 7.14. The molecule has 25 heavy (non-hydrogen) atoms. The molecule has 0 aliphatic carbocycles. The van der Waals surface area contributed by atoms with Crippen molar-refractivity contribution in [2.75, 3.05) is 12.4 Å². The van der Waals surface area contributed by atoms with Gasteiger partial charge in [0, 0.05) is 17.3 Å². The van der Waals surface area contributed by atoms with Gasteiger partial charge in [-0.15, -0.1) is 10.2 Å². The molecule has 130 valence electrons. The van der Waals surface area contributed by atoms with Gasteiger partial charge in [0.1, 0.15) is 5.75 Å². The molecule has 1 atom stereocenters. The summed E-state index contributed by atoms with van der Waals surface area (Å²) in [4.78, 5) is 12.6. The fourth-order valence-corrected chi connectivity index (χ4v) is 3.27. The molecule has 0 unspecified atom stereocenters. The van der Waals surface area contributed by atoms with E-state index >= 15 is 0 Å². The molecule has 3 aromatic rings. The second-order valence-corrected chi connectivity index (χ2v) is 7.18. The van der Waals surface area contributed by atoms with Crippen LogP contribution in [0.15, 0.2) is 41.7 Å². The highest BCUT2D eigenvalue weighted by molar-refractivity contribution is 8.00. The van der Waals surface area contributed by atoms with Crippen molar-refractivity contribution in [1.82, 2.24) is 14.6 Å². The van der Waals surface area contributed by atoms with Crippen LogP contribution in [-0.2, 0) is 4.79 Å². The number of carbonyl (C=O) groups excluding carboxylic acids is 1. The average Bonchev–Trinajstić information content (AvgIpc) is 3.01. The highest BCUT2D eigenvalue weighted by Gasteiger charge is 2.19. The maximum atomic E-state index is 12.6. The smallest absolute Gasteiger partial charge is 0.237 e. The molecule has 6 nitrogen and oxygen atoms in total. The first-order valence-corrected chi connectivity index (χ1v) is 8.86. The number of anilines is 1. The van der Waals surface area contributed by atoms with Crippen molar-refractivity contribution in [1.29, 1.82) is 0 Å². The van der Waals surface area contributed by atoms with E-state index in [0.717, 1.165) is 11.2 Å². The number of nitrogens with zero attached hydrogens (tertiary/aromatic N) is 3. The summed E-state index contributed by atoms with van der Waals surface area (Å²) in [6.45, 7) is 3.69. The predicted molar refractivity (Wildman–Crippen MR) is 99.7 cm³/mol. The van der Waals surface area contributed by atoms with Crippen molar-refractivity contribution >= 4 is 40.6 Å². The number of aryl methyl sites for hydroxylation is 1. The zero-order chi connectivity index (χ0) is 18.0. The van der Waals surface area contributed by atoms with Gasteiger partial charge in [-0.2, -0.15) is 0 Å². The van der Waals surface area contributed by atoms with Crippen molar-refractivity contribution in [3.05, 3.63) is 47.1 Å². The normalized spacial score (nSPS) is 12.2. The minimum absolute atomic E-state index is 0.155. The van der Waals surface area contributed by atoms with Gasteiger partial charge in [-0.05, 0) is 37.6 Å². The van der Waals surface area contributed by atoms with Crippen LogP contribution in [0.2, 0.25) is 5.02 Å². The van der Waals surface area contributed by atoms with Crippen LogP contribution in [0.1, 0.15) is 12.5 Å². The average molecular weight is 377 g/mol. The van der Waals surface area contributed by atoms with Crippen LogP contribution in [0, 0.1) is 6.92 Å². The lowest BCUT2D eigenvalue weighted by Crippen LogP contribution is -2.23. The number of hydrogen-bond donors (Lipinski definition) is 1. The second-order valence-electron chi connectivity index (χ2n) is 5.46. The van der Waals surface area contributed by atoms with Crippen LogP contribution in [0.3, 0.4) is 0 Å². The number of methoxy groups -OCH3 is 1. The van der Waals surface area contributed by atoms with E-state index in [-0.39, 0.29) is 11.2 Å². The number of fused-ring (bicyclic) bond motifs is 1. The van der Waals surface area contributed by atoms with Crippen LogP contribution in [0.5, 0.6) is 5.75 Å². The van der Waals surface area contributed by atoms with Crippen LogP contribution in [-0.4, -0.2) is 32.9 Å². The Kier molecular flexibility index (Phi) is 5.15. The van der Waals surface area contributed by atoms with E-state index < -0.39 is 0 Å². The summed E-state index contributed by atoms with van der Waals surface area (Å²) in [7, 11) is 1.54. The zero-order valence-electron chi connectivity index (χ0n) is 14.0. The molecule has 0 aliphatic rings. The lowest BCUT2D eigenvalue weighted by molar-refractivity contribution is -0.115. The summed E-state index contributed by atoms with van der Waals surface area (Å²) in [6.07, 6.45) is 1.87. The minimum atomic E-state index is -0.367. The Morgan fingerprint density at radius 1 is 1.36 bits per heavy atom. The van der Waals surface area contributed by atoms with Gasteiger partial charge in [-0.3, -0.25) is 9.20 Å². The van der Waals surface area contributed by atoms with E-state index in [1.54, 1.807) is 12.1 Å². The van der Waals surface area contributed by atoms with Crippen molar-refractivity contribution in [2.45, 2.75) is 24.3 Å². The van der Waals surface area contributed by atoms with E-state index in [4.69, 9.17) is 16.3 Å². The Morgan fingerprint density at radius 3 is 2.92 bits per heavy atom. The van der Waals surface area contributed by atoms with Crippen molar-refractivity contribution in [3.63, 3.8) is 0 Å². The maximum absolute atomic E-state index is 12.6. The quantitative estimate of drug-likeness (QED) is 0.685. The topological polar surface area (TPSA) is 68.5 Å². The van der Waals surface area contributed by atoms with Gasteiger partial charge >= 0.3 is 0 Å². The SMILES string of the molecule is COc1cc(Cl)c(C)cc1NC(=O)[C@@H](C)Sc1nnc2ccccn12. The molecular formula is C17H17ClN4O2S. The number of carbonyl (C=O) groups is 1. The van der Waals surface area contributed by atoms with Gasteiger partial charge in [-0.1, -0.05) is 29.4 Å². The largest absolute Gasteiger partial charge is 0.495 e. The number of thioether (sulfide) groups is 1. The number of hydrogen-bond acceptors (Lipinski definition) is 5. The molecule has 0 bridgehead atoms. The number of benzene rings is 1. The predicted octanol–water partition coefficient (Wildman–Crippen LogP) is 3.82. The van der Waals surface area contributed by atoms with Crippen LogP contribution < -0.4 is 10.1 Å². The summed E-state index contributed by atoms with van der Waals surface area (Å²) in [5.74, 6) is 0.367. The Hall–Kier alpha value is -2.25. The number of nitrogens with one attached hydrogen (secondary N) is 1. The second kappa shape index (κ2) is 7.33. The molecule has 0 spiro atoms. The van der Waals surface area contributed by atoms with Crippen LogP contribution >= 0.6 is 23.4 Å². The van der Waals surface area contributed by atoms with Crippen molar-refractivity contribution in [3.8, 4) is 5.75 Å². The maximum Gasteiger partial charge on any atom is 0.237 e. The van der Waals surface area contributed by atoms with Gasteiger partial charge in [0.25, 0.3) is 0 Å². The first-order chi connectivity index (χ1) is 12.0. The Labute approximate surface area is 154 Å². The fourth-order valence-electron chi connectivity index (χ4n) is 2.28. The van der Waals surface area contributed by atoms with Gasteiger partial charge in [0.05, 0.1) is 18.0 Å². The molecule has 1 N–H and O–H groups in total. The van der Waals surface area contributed by atoms with E-state index in [1.165, 1.54) is 18.9 Å². The number of pyridine rings is 1. The molecule has 0 saturated heterocycles. The molecule has 3 rings (SSSR count). The fraction of sp³-hybridized carbons (Fsp3) is 0.235. The highest BCUT2D eigenvalue weighted by Crippen LogP contribution is 2.32.